The van der Waals surface area contributed by atoms with Crippen LogP contribution in [0.5, 0.6) is 5.75 Å². The Morgan fingerprint density at radius 1 is 0.821 bits per heavy atom. The minimum absolute atomic E-state index is 0.288. The summed E-state index contributed by atoms with van der Waals surface area (Å²) in [5.41, 5.74) is 3.88. The van der Waals surface area contributed by atoms with Crippen molar-refractivity contribution in [2.75, 3.05) is 21.3 Å². The van der Waals surface area contributed by atoms with Crippen LogP contribution in [0.2, 0.25) is 0 Å². The Morgan fingerprint density at radius 3 is 2.08 bits per heavy atom. The summed E-state index contributed by atoms with van der Waals surface area (Å²) in [5.74, 6) is -0.288. The second-order valence-corrected chi connectivity index (χ2v) is 8.77. The van der Waals surface area contributed by atoms with Gasteiger partial charge in [0.25, 0.3) is 6.29 Å². The molecule has 11 heteroatoms. The molecule has 0 unspecified atom stereocenters. The number of nitrogens with zero attached hydrogens (tertiary/aromatic N) is 2. The Morgan fingerprint density at radius 2 is 1.46 bits per heavy atom. The van der Waals surface area contributed by atoms with Crippen molar-refractivity contribution in [2.24, 2.45) is 5.16 Å². The van der Waals surface area contributed by atoms with Crippen LogP contribution in [-0.4, -0.2) is 69.6 Å². The molecule has 39 heavy (non-hydrogen) atoms. The van der Waals surface area contributed by atoms with Gasteiger partial charge in [0.15, 0.2) is 6.10 Å². The fraction of sp³-hybridized carbons (Fsp3) is 0.357. The van der Waals surface area contributed by atoms with Gasteiger partial charge in [-0.15, -0.1) is 13.2 Å². The van der Waals surface area contributed by atoms with E-state index < -0.39 is 18.8 Å². The number of alkyl halides is 3. The van der Waals surface area contributed by atoms with E-state index in [0.29, 0.717) is 11.3 Å². The van der Waals surface area contributed by atoms with E-state index in [1.165, 1.54) is 24.3 Å². The summed E-state index contributed by atoms with van der Waals surface area (Å²) in [6.45, 7) is 1.87. The monoisotopic (exact) mass is 546 g/mol. The molecule has 208 valence electrons. The van der Waals surface area contributed by atoms with E-state index in [0.717, 1.165) is 16.7 Å². The van der Waals surface area contributed by atoms with E-state index in [1.807, 2.05) is 43.3 Å². The number of benzene rings is 2. The molecule has 1 saturated heterocycles. The first kappa shape index (κ1) is 28.5. The van der Waals surface area contributed by atoms with Crippen molar-refractivity contribution < 1.29 is 41.7 Å². The van der Waals surface area contributed by atoms with E-state index in [-0.39, 0.29) is 24.1 Å². The summed E-state index contributed by atoms with van der Waals surface area (Å²) < 4.78 is 63.7. The molecule has 0 amide bonds. The SMILES string of the molecule is CO[C@@H]1[C@@H](OC)[C@H](C)O[C@@H](O/N=C/c2ccc(-c3ccnc(-c4ccc(OC(F)(F)F)cc4)c3)cc2)[C@@H]1OC. The van der Waals surface area contributed by atoms with E-state index in [2.05, 4.69) is 14.9 Å². The lowest BCUT2D eigenvalue weighted by Gasteiger charge is -2.42. The molecule has 0 spiro atoms. The second kappa shape index (κ2) is 12.6. The van der Waals surface area contributed by atoms with Crippen LogP contribution in [0.1, 0.15) is 12.5 Å². The molecule has 3 aromatic rings. The van der Waals surface area contributed by atoms with Gasteiger partial charge < -0.3 is 28.5 Å². The Labute approximate surface area is 224 Å². The maximum absolute atomic E-state index is 12.4. The number of pyridine rings is 1. The van der Waals surface area contributed by atoms with E-state index >= 15 is 0 Å². The molecular weight excluding hydrogens is 517 g/mol. The minimum Gasteiger partial charge on any atom is -0.406 e. The summed E-state index contributed by atoms with van der Waals surface area (Å²) >= 11 is 0. The highest BCUT2D eigenvalue weighted by molar-refractivity contribution is 5.81. The van der Waals surface area contributed by atoms with Gasteiger partial charge in [0.2, 0.25) is 0 Å². The topological polar surface area (TPSA) is 80.6 Å². The highest BCUT2D eigenvalue weighted by atomic mass is 19.4. The molecular formula is C28H29F3N2O6. The molecule has 0 saturated carbocycles. The average Bonchev–Trinajstić information content (AvgIpc) is 2.92. The number of halogens is 3. The summed E-state index contributed by atoms with van der Waals surface area (Å²) in [4.78, 5) is 9.95. The largest absolute Gasteiger partial charge is 0.573 e. The van der Waals surface area contributed by atoms with Gasteiger partial charge in [-0.25, -0.2) is 0 Å². The normalized spacial score (nSPS) is 23.6. The van der Waals surface area contributed by atoms with Gasteiger partial charge >= 0.3 is 6.36 Å². The highest BCUT2D eigenvalue weighted by Crippen LogP contribution is 2.29. The summed E-state index contributed by atoms with van der Waals surface area (Å²) in [6.07, 6.45) is -3.83. The summed E-state index contributed by atoms with van der Waals surface area (Å²) in [6, 6.07) is 16.9. The average molecular weight is 547 g/mol. The maximum atomic E-state index is 12.4. The van der Waals surface area contributed by atoms with Crippen LogP contribution in [0, 0.1) is 0 Å². The zero-order chi connectivity index (χ0) is 28.0. The fourth-order valence-electron chi connectivity index (χ4n) is 4.41. The molecule has 8 nitrogen and oxygen atoms in total. The second-order valence-electron chi connectivity index (χ2n) is 8.77. The third-order valence-electron chi connectivity index (χ3n) is 6.30. The molecule has 0 bridgehead atoms. The molecule has 0 N–H and O–H groups in total. The van der Waals surface area contributed by atoms with Gasteiger partial charge in [0, 0.05) is 33.1 Å². The zero-order valence-electron chi connectivity index (χ0n) is 21.8. The number of methoxy groups -OCH3 is 3. The number of hydrogen-bond acceptors (Lipinski definition) is 8. The van der Waals surface area contributed by atoms with Crippen molar-refractivity contribution in [3.05, 3.63) is 72.4 Å². The Kier molecular flexibility index (Phi) is 9.18. The van der Waals surface area contributed by atoms with Gasteiger partial charge in [0.1, 0.15) is 18.0 Å². The molecule has 0 radical (unpaired) electrons. The van der Waals surface area contributed by atoms with Crippen molar-refractivity contribution in [3.8, 4) is 28.1 Å². The van der Waals surface area contributed by atoms with Crippen LogP contribution in [-0.2, 0) is 23.8 Å². The van der Waals surface area contributed by atoms with Gasteiger partial charge in [-0.3, -0.25) is 4.98 Å². The molecule has 1 aliphatic heterocycles. The molecule has 1 aromatic heterocycles. The van der Waals surface area contributed by atoms with Crippen LogP contribution in [0.25, 0.3) is 22.4 Å². The van der Waals surface area contributed by atoms with Gasteiger partial charge in [-0.2, -0.15) is 0 Å². The maximum Gasteiger partial charge on any atom is 0.573 e. The van der Waals surface area contributed by atoms with Crippen molar-refractivity contribution in [1.82, 2.24) is 4.98 Å². The smallest absolute Gasteiger partial charge is 0.406 e. The Bertz CT molecular complexity index is 1240. The zero-order valence-corrected chi connectivity index (χ0v) is 21.8. The Hall–Kier alpha value is -3.51. The lowest BCUT2D eigenvalue weighted by atomic mass is 9.99. The van der Waals surface area contributed by atoms with Crippen molar-refractivity contribution in [1.29, 1.82) is 0 Å². The lowest BCUT2D eigenvalue weighted by Crippen LogP contribution is -2.59. The van der Waals surface area contributed by atoms with Crippen LogP contribution in [0.4, 0.5) is 13.2 Å². The number of aromatic nitrogens is 1. The molecule has 0 aliphatic carbocycles. The standard InChI is InChI=1S/C28H29F3N2O6/c1-17-24(34-2)25(35-3)26(36-4)27(37-17)39-33-16-18-5-7-19(8-6-18)21-13-14-32-23(15-21)20-9-11-22(12-10-20)38-28(29,30)31/h5-17,24-27H,1-4H3/b33-16+/t17-,24-,25+,26+,27-/m0/s1. The lowest BCUT2D eigenvalue weighted by molar-refractivity contribution is -0.305. The van der Waals surface area contributed by atoms with Crippen LogP contribution >= 0.6 is 0 Å². The highest BCUT2D eigenvalue weighted by Gasteiger charge is 2.46. The van der Waals surface area contributed by atoms with E-state index in [9.17, 15) is 13.2 Å². The molecule has 2 heterocycles. The van der Waals surface area contributed by atoms with Crippen LogP contribution in [0.3, 0.4) is 0 Å². The molecule has 2 aromatic carbocycles. The molecule has 5 atom stereocenters. The Balaban J connectivity index is 1.41. The number of rotatable bonds is 9. The molecule has 1 aliphatic rings. The van der Waals surface area contributed by atoms with Gasteiger partial charge in [-0.05, 0) is 60.0 Å². The third-order valence-corrected chi connectivity index (χ3v) is 6.30. The van der Waals surface area contributed by atoms with Crippen molar-refractivity contribution >= 4 is 6.21 Å². The summed E-state index contributed by atoms with van der Waals surface area (Å²) in [7, 11) is 4.72. The van der Waals surface area contributed by atoms with Crippen LogP contribution < -0.4 is 4.74 Å². The first-order chi connectivity index (χ1) is 18.7. The van der Waals surface area contributed by atoms with Crippen LogP contribution in [0.15, 0.2) is 72.0 Å². The molecule has 1 fully saturated rings. The predicted molar refractivity (Wildman–Crippen MR) is 137 cm³/mol. The van der Waals surface area contributed by atoms with Crippen molar-refractivity contribution in [2.45, 2.75) is 44.0 Å². The van der Waals surface area contributed by atoms with Gasteiger partial charge in [0.05, 0.1) is 18.0 Å². The fourth-order valence-corrected chi connectivity index (χ4v) is 4.41. The number of ether oxygens (including phenoxy) is 5. The quantitative estimate of drug-likeness (QED) is 0.261. The van der Waals surface area contributed by atoms with Crippen molar-refractivity contribution in [3.63, 3.8) is 0 Å². The first-order valence-electron chi connectivity index (χ1n) is 12.1. The first-order valence-corrected chi connectivity index (χ1v) is 12.1. The van der Waals surface area contributed by atoms with E-state index in [1.54, 1.807) is 33.7 Å². The predicted octanol–water partition coefficient (Wildman–Crippen LogP) is 5.45. The van der Waals surface area contributed by atoms with Gasteiger partial charge in [-0.1, -0.05) is 29.4 Å². The minimum atomic E-state index is -4.74. The number of oxime groups is 1. The van der Waals surface area contributed by atoms with E-state index in [4.69, 9.17) is 23.8 Å². The summed E-state index contributed by atoms with van der Waals surface area (Å²) in [5, 5.41) is 4.09. The third kappa shape index (κ3) is 7.12. The number of hydrogen-bond donors (Lipinski definition) is 0. The molecule has 4 rings (SSSR count).